The molecule has 0 saturated heterocycles. The van der Waals surface area contributed by atoms with Gasteiger partial charge in [0, 0.05) is 6.92 Å². The first-order valence-corrected chi connectivity index (χ1v) is 8.95. The third kappa shape index (κ3) is 5.17. The molecular formula is C20H18ClN3O4. The average Bonchev–Trinajstić information content (AvgIpc) is 3.12. The second-order valence-corrected chi connectivity index (χ2v) is 6.40. The van der Waals surface area contributed by atoms with Gasteiger partial charge in [0.05, 0.1) is 23.0 Å². The van der Waals surface area contributed by atoms with Crippen LogP contribution in [-0.4, -0.2) is 22.1 Å². The number of hydrogen-bond acceptors (Lipinski definition) is 6. The van der Waals surface area contributed by atoms with Gasteiger partial charge in [-0.3, -0.25) is 9.59 Å². The summed E-state index contributed by atoms with van der Waals surface area (Å²) in [6, 6.07) is 15.3. The predicted octanol–water partition coefficient (Wildman–Crippen LogP) is 3.64. The topological polar surface area (TPSA) is 94.3 Å². The monoisotopic (exact) mass is 399 g/mol. The molecule has 7 nitrogen and oxygen atoms in total. The van der Waals surface area contributed by atoms with Crippen LogP contribution in [0.2, 0.25) is 5.02 Å². The number of nitrogens with one attached hydrogen (secondary N) is 1. The van der Waals surface area contributed by atoms with Crippen molar-refractivity contribution in [1.82, 2.24) is 15.5 Å². The molecule has 1 heterocycles. The van der Waals surface area contributed by atoms with Gasteiger partial charge >= 0.3 is 5.97 Å². The Balaban J connectivity index is 1.69. The van der Waals surface area contributed by atoms with Gasteiger partial charge in [-0.05, 0) is 17.7 Å². The van der Waals surface area contributed by atoms with Crippen molar-refractivity contribution >= 4 is 23.5 Å². The molecule has 28 heavy (non-hydrogen) atoms. The van der Waals surface area contributed by atoms with E-state index in [0.717, 1.165) is 5.56 Å². The lowest BCUT2D eigenvalue weighted by Gasteiger charge is -2.19. The lowest BCUT2D eigenvalue weighted by Crippen LogP contribution is -2.30. The van der Waals surface area contributed by atoms with Gasteiger partial charge in [-0.1, -0.05) is 54.1 Å². The standard InChI is InChI=1S/C20H18ClN3O4/c1-13-23-24-18(28-13)12-27-19(25)11-17(14-7-3-2-4-8-14)22-20(26)15-9-5-6-10-16(15)21/h2-10,17H,11-12H2,1H3,(H,22,26). The van der Waals surface area contributed by atoms with Crippen LogP contribution in [-0.2, 0) is 16.1 Å². The van der Waals surface area contributed by atoms with Crippen molar-refractivity contribution in [2.75, 3.05) is 0 Å². The molecule has 2 aromatic carbocycles. The van der Waals surface area contributed by atoms with E-state index in [1.165, 1.54) is 0 Å². The average molecular weight is 400 g/mol. The minimum Gasteiger partial charge on any atom is -0.456 e. The number of hydrogen-bond donors (Lipinski definition) is 1. The molecule has 1 N–H and O–H groups in total. The molecule has 1 aromatic heterocycles. The van der Waals surface area contributed by atoms with Gasteiger partial charge in [-0.25, -0.2) is 0 Å². The molecular weight excluding hydrogens is 382 g/mol. The number of halogens is 1. The van der Waals surface area contributed by atoms with Crippen molar-refractivity contribution in [2.24, 2.45) is 0 Å². The Labute approximate surface area is 166 Å². The molecule has 0 aliphatic carbocycles. The Bertz CT molecular complexity index is 959. The maximum atomic E-state index is 12.6. The van der Waals surface area contributed by atoms with E-state index in [9.17, 15) is 9.59 Å². The summed E-state index contributed by atoms with van der Waals surface area (Å²) < 4.78 is 10.4. The maximum Gasteiger partial charge on any atom is 0.308 e. The van der Waals surface area contributed by atoms with E-state index in [-0.39, 0.29) is 24.8 Å². The van der Waals surface area contributed by atoms with Crippen LogP contribution in [0.15, 0.2) is 59.0 Å². The molecule has 0 radical (unpaired) electrons. The minimum absolute atomic E-state index is 0.0622. The van der Waals surface area contributed by atoms with Crippen LogP contribution < -0.4 is 5.32 Å². The van der Waals surface area contributed by atoms with Gasteiger partial charge in [0.15, 0.2) is 6.61 Å². The first-order chi connectivity index (χ1) is 13.5. The SMILES string of the molecule is Cc1nnc(COC(=O)CC(NC(=O)c2ccccc2Cl)c2ccccc2)o1. The zero-order valence-corrected chi connectivity index (χ0v) is 15.8. The molecule has 1 unspecified atom stereocenters. The Kier molecular flexibility index (Phi) is 6.39. The Morgan fingerprint density at radius 3 is 2.50 bits per heavy atom. The van der Waals surface area contributed by atoms with E-state index in [0.29, 0.717) is 16.5 Å². The second kappa shape index (κ2) is 9.14. The molecule has 0 bridgehead atoms. The number of amides is 1. The highest BCUT2D eigenvalue weighted by molar-refractivity contribution is 6.33. The van der Waals surface area contributed by atoms with Crippen LogP contribution in [0, 0.1) is 6.92 Å². The summed E-state index contributed by atoms with van der Waals surface area (Å²) in [5.41, 5.74) is 1.10. The molecule has 3 aromatic rings. The predicted molar refractivity (Wildman–Crippen MR) is 102 cm³/mol. The van der Waals surface area contributed by atoms with Crippen molar-refractivity contribution in [1.29, 1.82) is 0 Å². The quantitative estimate of drug-likeness (QED) is 0.609. The van der Waals surface area contributed by atoms with Gasteiger partial charge in [0.1, 0.15) is 0 Å². The summed E-state index contributed by atoms with van der Waals surface area (Å²) in [6.07, 6.45) is -0.0622. The lowest BCUT2D eigenvalue weighted by atomic mass is 10.0. The molecule has 144 valence electrons. The first-order valence-electron chi connectivity index (χ1n) is 8.58. The molecule has 1 amide bonds. The third-order valence-electron chi connectivity index (χ3n) is 3.92. The summed E-state index contributed by atoms with van der Waals surface area (Å²) in [4.78, 5) is 24.9. The largest absolute Gasteiger partial charge is 0.456 e. The summed E-state index contributed by atoms with van der Waals surface area (Å²) in [6.45, 7) is 1.52. The molecule has 1 atom stereocenters. The van der Waals surface area contributed by atoms with Crippen LogP contribution in [0.1, 0.15) is 40.2 Å². The zero-order valence-electron chi connectivity index (χ0n) is 15.1. The fourth-order valence-corrected chi connectivity index (χ4v) is 2.80. The number of esters is 1. The van der Waals surface area contributed by atoms with Crippen LogP contribution in [0.4, 0.5) is 0 Å². The number of ether oxygens (including phenoxy) is 1. The number of carbonyl (C=O) groups excluding carboxylic acids is 2. The van der Waals surface area contributed by atoms with Gasteiger partial charge in [0.25, 0.3) is 11.8 Å². The van der Waals surface area contributed by atoms with Crippen molar-refractivity contribution in [3.05, 3.63) is 82.5 Å². The van der Waals surface area contributed by atoms with E-state index >= 15 is 0 Å². The summed E-state index contributed by atoms with van der Waals surface area (Å²) in [7, 11) is 0. The van der Waals surface area contributed by atoms with Crippen LogP contribution in [0.5, 0.6) is 0 Å². The third-order valence-corrected chi connectivity index (χ3v) is 4.25. The number of carbonyl (C=O) groups is 2. The highest BCUT2D eigenvalue weighted by atomic mass is 35.5. The first kappa shape index (κ1) is 19.6. The molecule has 0 spiro atoms. The van der Waals surface area contributed by atoms with Crippen molar-refractivity contribution in [3.8, 4) is 0 Å². The van der Waals surface area contributed by atoms with E-state index in [1.807, 2.05) is 30.3 Å². The van der Waals surface area contributed by atoms with Crippen LogP contribution in [0.25, 0.3) is 0 Å². The highest BCUT2D eigenvalue weighted by Crippen LogP contribution is 2.21. The zero-order chi connectivity index (χ0) is 19.9. The lowest BCUT2D eigenvalue weighted by molar-refractivity contribution is -0.146. The summed E-state index contributed by atoms with van der Waals surface area (Å²) in [5.74, 6) is -0.286. The minimum atomic E-state index is -0.582. The molecule has 8 heteroatoms. The van der Waals surface area contributed by atoms with Crippen molar-refractivity contribution < 1.29 is 18.7 Å². The Morgan fingerprint density at radius 2 is 1.82 bits per heavy atom. The Hall–Kier alpha value is -3.19. The highest BCUT2D eigenvalue weighted by Gasteiger charge is 2.21. The van der Waals surface area contributed by atoms with Crippen molar-refractivity contribution in [3.63, 3.8) is 0 Å². The Morgan fingerprint density at radius 1 is 1.11 bits per heavy atom. The molecule has 0 saturated carbocycles. The van der Waals surface area contributed by atoms with Crippen LogP contribution in [0.3, 0.4) is 0 Å². The van der Waals surface area contributed by atoms with Crippen LogP contribution >= 0.6 is 11.6 Å². The smallest absolute Gasteiger partial charge is 0.308 e. The van der Waals surface area contributed by atoms with Gasteiger partial charge in [-0.15, -0.1) is 10.2 Å². The van der Waals surface area contributed by atoms with E-state index < -0.39 is 12.0 Å². The summed E-state index contributed by atoms with van der Waals surface area (Å²) >= 11 is 6.10. The fraction of sp³-hybridized carbons (Fsp3) is 0.200. The van der Waals surface area contributed by atoms with Gasteiger partial charge in [-0.2, -0.15) is 0 Å². The van der Waals surface area contributed by atoms with E-state index in [4.69, 9.17) is 20.8 Å². The number of benzene rings is 2. The molecule has 0 aliphatic heterocycles. The molecule has 3 rings (SSSR count). The molecule has 0 aliphatic rings. The number of aromatic nitrogens is 2. The normalized spacial score (nSPS) is 11.6. The number of aryl methyl sites for hydroxylation is 1. The number of rotatable bonds is 7. The number of nitrogens with zero attached hydrogens (tertiary/aromatic N) is 2. The van der Waals surface area contributed by atoms with Gasteiger partial charge < -0.3 is 14.5 Å². The maximum absolute atomic E-state index is 12.6. The van der Waals surface area contributed by atoms with Gasteiger partial charge in [0.2, 0.25) is 5.89 Å². The summed E-state index contributed by atoms with van der Waals surface area (Å²) in [5, 5.41) is 10.6. The van der Waals surface area contributed by atoms with E-state index in [2.05, 4.69) is 15.5 Å². The molecule has 0 fully saturated rings. The fourth-order valence-electron chi connectivity index (χ4n) is 2.58. The second-order valence-electron chi connectivity index (χ2n) is 6.00. The van der Waals surface area contributed by atoms with E-state index in [1.54, 1.807) is 31.2 Å². The van der Waals surface area contributed by atoms with Crippen molar-refractivity contribution in [2.45, 2.75) is 26.0 Å².